The van der Waals surface area contributed by atoms with Crippen LogP contribution in [0.2, 0.25) is 0 Å². The number of nitrogens with one attached hydrogen (secondary N) is 2. The molecule has 1 aromatic heterocycles. The van der Waals surface area contributed by atoms with Crippen molar-refractivity contribution in [1.82, 2.24) is 10.6 Å². The van der Waals surface area contributed by atoms with Gasteiger partial charge in [0.15, 0.2) is 0 Å². The van der Waals surface area contributed by atoms with E-state index in [1.54, 1.807) is 6.07 Å². The molecule has 0 spiro atoms. The molecule has 0 saturated heterocycles. The van der Waals surface area contributed by atoms with E-state index in [1.165, 1.54) is 12.7 Å². The van der Waals surface area contributed by atoms with E-state index < -0.39 is 0 Å². The van der Waals surface area contributed by atoms with Crippen LogP contribution < -0.4 is 16.4 Å². The molecule has 6 nitrogen and oxygen atoms in total. The highest BCUT2D eigenvalue weighted by Gasteiger charge is 2.16. The first-order valence-corrected chi connectivity index (χ1v) is 7.04. The van der Waals surface area contributed by atoms with E-state index in [2.05, 4.69) is 10.6 Å². The van der Waals surface area contributed by atoms with Crippen LogP contribution in [0.3, 0.4) is 0 Å². The van der Waals surface area contributed by atoms with Crippen molar-refractivity contribution in [2.24, 2.45) is 5.73 Å². The predicted molar refractivity (Wildman–Crippen MR) is 73.9 cm³/mol. The van der Waals surface area contributed by atoms with E-state index >= 15 is 0 Å². The molecular formula is C14H21N3O3. The number of amides is 2. The summed E-state index contributed by atoms with van der Waals surface area (Å²) < 4.78 is 5.08. The number of furan rings is 1. The summed E-state index contributed by atoms with van der Waals surface area (Å²) in [7, 11) is 0. The van der Waals surface area contributed by atoms with E-state index in [0.717, 1.165) is 25.7 Å². The largest absolute Gasteiger partial charge is 0.467 e. The minimum absolute atomic E-state index is 0.0154. The SMILES string of the molecule is NCc1cc(C(=O)NCC(=O)NC2CCCCC2)co1. The third-order valence-corrected chi connectivity index (χ3v) is 3.50. The van der Waals surface area contributed by atoms with Crippen molar-refractivity contribution in [2.45, 2.75) is 44.7 Å². The van der Waals surface area contributed by atoms with E-state index in [-0.39, 0.29) is 30.9 Å². The summed E-state index contributed by atoms with van der Waals surface area (Å²) in [4.78, 5) is 23.5. The molecule has 20 heavy (non-hydrogen) atoms. The first-order chi connectivity index (χ1) is 9.69. The van der Waals surface area contributed by atoms with Gasteiger partial charge in [0.25, 0.3) is 5.91 Å². The highest BCUT2D eigenvalue weighted by molar-refractivity contribution is 5.96. The van der Waals surface area contributed by atoms with Crippen molar-refractivity contribution in [1.29, 1.82) is 0 Å². The fraction of sp³-hybridized carbons (Fsp3) is 0.571. The molecule has 1 fully saturated rings. The summed E-state index contributed by atoms with van der Waals surface area (Å²) in [5.74, 6) is 0.0712. The second kappa shape index (κ2) is 7.09. The Morgan fingerprint density at radius 2 is 2.05 bits per heavy atom. The van der Waals surface area contributed by atoms with Gasteiger partial charge in [-0.2, -0.15) is 0 Å². The molecular weight excluding hydrogens is 258 g/mol. The molecule has 110 valence electrons. The van der Waals surface area contributed by atoms with Gasteiger partial charge in [0.2, 0.25) is 5.91 Å². The third-order valence-electron chi connectivity index (χ3n) is 3.50. The van der Waals surface area contributed by atoms with Crippen molar-refractivity contribution in [3.05, 3.63) is 23.7 Å². The zero-order valence-corrected chi connectivity index (χ0v) is 11.5. The van der Waals surface area contributed by atoms with Crippen molar-refractivity contribution in [3.8, 4) is 0 Å². The van der Waals surface area contributed by atoms with Gasteiger partial charge in [-0.1, -0.05) is 19.3 Å². The summed E-state index contributed by atoms with van der Waals surface area (Å²) in [5, 5.41) is 5.52. The molecule has 0 radical (unpaired) electrons. The quantitative estimate of drug-likeness (QED) is 0.746. The standard InChI is InChI=1S/C14H21N3O3/c15-7-12-6-10(9-20-12)14(19)16-8-13(18)17-11-4-2-1-3-5-11/h6,9,11H,1-5,7-8,15H2,(H,16,19)(H,17,18). The molecule has 6 heteroatoms. The molecule has 1 saturated carbocycles. The van der Waals surface area contributed by atoms with Crippen LogP contribution in [0.5, 0.6) is 0 Å². The van der Waals surface area contributed by atoms with Gasteiger partial charge in [0.1, 0.15) is 12.0 Å². The summed E-state index contributed by atoms with van der Waals surface area (Å²) >= 11 is 0. The average molecular weight is 279 g/mol. The Labute approximate surface area is 118 Å². The number of carbonyl (C=O) groups excluding carboxylic acids is 2. The van der Waals surface area contributed by atoms with Crippen LogP contribution in [-0.2, 0) is 11.3 Å². The van der Waals surface area contributed by atoms with E-state index in [1.807, 2.05) is 0 Å². The minimum Gasteiger partial charge on any atom is -0.467 e. The van der Waals surface area contributed by atoms with Crippen LogP contribution in [0.15, 0.2) is 16.7 Å². The van der Waals surface area contributed by atoms with Gasteiger partial charge in [-0.3, -0.25) is 9.59 Å². The second-order valence-electron chi connectivity index (χ2n) is 5.09. The van der Waals surface area contributed by atoms with E-state index in [9.17, 15) is 9.59 Å². The number of nitrogens with two attached hydrogens (primary N) is 1. The maximum atomic E-state index is 11.8. The van der Waals surface area contributed by atoms with E-state index in [4.69, 9.17) is 10.2 Å². The van der Waals surface area contributed by atoms with Gasteiger partial charge in [-0.05, 0) is 18.9 Å². The van der Waals surface area contributed by atoms with Gasteiger partial charge < -0.3 is 20.8 Å². The van der Waals surface area contributed by atoms with Gasteiger partial charge in [0, 0.05) is 6.04 Å². The Morgan fingerprint density at radius 1 is 1.30 bits per heavy atom. The van der Waals surface area contributed by atoms with Crippen LogP contribution in [0.25, 0.3) is 0 Å². The highest BCUT2D eigenvalue weighted by atomic mass is 16.3. The predicted octanol–water partition coefficient (Wildman–Crippen LogP) is 0.917. The maximum absolute atomic E-state index is 11.8. The molecule has 1 aliphatic rings. The van der Waals surface area contributed by atoms with E-state index in [0.29, 0.717) is 11.3 Å². The van der Waals surface area contributed by atoms with Crippen LogP contribution >= 0.6 is 0 Å². The Hall–Kier alpha value is -1.82. The molecule has 1 heterocycles. The lowest BCUT2D eigenvalue weighted by molar-refractivity contribution is -0.121. The molecule has 4 N–H and O–H groups in total. The van der Waals surface area contributed by atoms with Crippen molar-refractivity contribution < 1.29 is 14.0 Å². The molecule has 0 bridgehead atoms. The highest BCUT2D eigenvalue weighted by Crippen LogP contribution is 2.17. The fourth-order valence-electron chi connectivity index (χ4n) is 2.40. The molecule has 0 atom stereocenters. The van der Waals surface area contributed by atoms with Crippen molar-refractivity contribution >= 4 is 11.8 Å². The van der Waals surface area contributed by atoms with Crippen LogP contribution in [0, 0.1) is 0 Å². The lowest BCUT2D eigenvalue weighted by Gasteiger charge is -2.22. The maximum Gasteiger partial charge on any atom is 0.254 e. The Balaban J connectivity index is 1.73. The van der Waals surface area contributed by atoms with Crippen LogP contribution in [0.4, 0.5) is 0 Å². The number of hydrogen-bond donors (Lipinski definition) is 3. The van der Waals surface area contributed by atoms with Crippen molar-refractivity contribution in [2.75, 3.05) is 6.54 Å². The Morgan fingerprint density at radius 3 is 2.70 bits per heavy atom. The second-order valence-corrected chi connectivity index (χ2v) is 5.09. The summed E-state index contributed by atoms with van der Waals surface area (Å²) in [6, 6.07) is 1.83. The average Bonchev–Trinajstić information content (AvgIpc) is 2.95. The monoisotopic (exact) mass is 279 g/mol. The van der Waals surface area contributed by atoms with Gasteiger partial charge >= 0.3 is 0 Å². The zero-order chi connectivity index (χ0) is 14.4. The number of carbonyl (C=O) groups is 2. The smallest absolute Gasteiger partial charge is 0.254 e. The first-order valence-electron chi connectivity index (χ1n) is 7.04. The Bertz CT molecular complexity index is 464. The fourth-order valence-corrected chi connectivity index (χ4v) is 2.40. The zero-order valence-electron chi connectivity index (χ0n) is 11.5. The van der Waals surface area contributed by atoms with Crippen LogP contribution in [-0.4, -0.2) is 24.4 Å². The van der Waals surface area contributed by atoms with Crippen LogP contribution in [0.1, 0.15) is 48.2 Å². The minimum atomic E-state index is -0.327. The third kappa shape index (κ3) is 4.09. The molecule has 2 rings (SSSR count). The summed E-state index contributed by atoms with van der Waals surface area (Å²) in [6.45, 7) is 0.230. The number of rotatable bonds is 5. The molecule has 0 unspecified atom stereocenters. The Kier molecular flexibility index (Phi) is 5.17. The molecule has 0 aliphatic heterocycles. The molecule has 2 amide bonds. The van der Waals surface area contributed by atoms with Gasteiger partial charge in [-0.15, -0.1) is 0 Å². The normalized spacial score (nSPS) is 15.8. The lowest BCUT2D eigenvalue weighted by Crippen LogP contribution is -2.42. The summed E-state index contributed by atoms with van der Waals surface area (Å²) in [6.07, 6.45) is 6.97. The number of hydrogen-bond acceptors (Lipinski definition) is 4. The molecule has 1 aromatic rings. The summed E-state index contributed by atoms with van der Waals surface area (Å²) in [5.41, 5.74) is 5.79. The topological polar surface area (TPSA) is 97.4 Å². The molecule has 0 aromatic carbocycles. The van der Waals surface area contributed by atoms with Gasteiger partial charge in [0.05, 0.1) is 18.7 Å². The lowest BCUT2D eigenvalue weighted by atomic mass is 9.95. The first kappa shape index (κ1) is 14.6. The molecule has 1 aliphatic carbocycles. The van der Waals surface area contributed by atoms with Crippen molar-refractivity contribution in [3.63, 3.8) is 0 Å². The van der Waals surface area contributed by atoms with Gasteiger partial charge in [-0.25, -0.2) is 0 Å².